The molecule has 0 saturated heterocycles. The number of hydrogen-bond donors (Lipinski definition) is 1. The van der Waals surface area contributed by atoms with E-state index < -0.39 is 64.1 Å². The second-order valence-electron chi connectivity index (χ2n) is 4.80. The first-order chi connectivity index (χ1) is 12.4. The molecule has 0 atom stereocenters. The van der Waals surface area contributed by atoms with E-state index in [1.165, 1.54) is 0 Å². The van der Waals surface area contributed by atoms with E-state index in [9.17, 15) is 40.3 Å². The van der Waals surface area contributed by atoms with Crippen molar-refractivity contribution in [3.8, 4) is 11.5 Å². The van der Waals surface area contributed by atoms with Gasteiger partial charge in [-0.05, 0) is 18.2 Å². The Bertz CT molecular complexity index is 898. The maximum absolute atomic E-state index is 13.8. The van der Waals surface area contributed by atoms with Gasteiger partial charge in [-0.15, -0.1) is 0 Å². The number of primary amides is 1. The zero-order valence-electron chi connectivity index (χ0n) is 12.7. The van der Waals surface area contributed by atoms with Crippen molar-refractivity contribution in [1.29, 1.82) is 0 Å². The van der Waals surface area contributed by atoms with E-state index in [1.807, 2.05) is 0 Å². The number of ether oxygens (including phenoxy) is 2. The first kappa shape index (κ1) is 20.0. The van der Waals surface area contributed by atoms with Crippen LogP contribution in [0.1, 0.15) is 15.9 Å². The van der Waals surface area contributed by atoms with Crippen LogP contribution in [0.4, 0.5) is 35.5 Å². The standard InChI is InChI=1S/C15H6F7NO4/c16-7-9(18)12(27-14(23)25)10(19)8(17)11(7)26-13(24)5-2-1-3-6(4-5)15(20,21)22/h1-4H,(H2,23,25). The molecule has 0 radical (unpaired) electrons. The average Bonchev–Trinajstić information content (AvgIpc) is 2.59. The molecule has 2 aromatic rings. The van der Waals surface area contributed by atoms with Crippen molar-refractivity contribution in [3.05, 3.63) is 58.7 Å². The summed E-state index contributed by atoms with van der Waals surface area (Å²) in [5, 5.41) is 0. The fraction of sp³-hybridized carbons (Fsp3) is 0.0667. The average molecular weight is 397 g/mol. The summed E-state index contributed by atoms with van der Waals surface area (Å²) in [5.41, 5.74) is 2.41. The summed E-state index contributed by atoms with van der Waals surface area (Å²) in [6.07, 6.45) is -6.63. The van der Waals surface area contributed by atoms with E-state index in [4.69, 9.17) is 0 Å². The molecular weight excluding hydrogens is 391 g/mol. The predicted molar refractivity (Wildman–Crippen MR) is 72.9 cm³/mol. The van der Waals surface area contributed by atoms with Crippen LogP contribution in [0.2, 0.25) is 0 Å². The van der Waals surface area contributed by atoms with Gasteiger partial charge < -0.3 is 15.2 Å². The van der Waals surface area contributed by atoms with Gasteiger partial charge in [0.1, 0.15) is 0 Å². The third-order valence-corrected chi connectivity index (χ3v) is 3.01. The first-order valence-electron chi connectivity index (χ1n) is 6.66. The van der Waals surface area contributed by atoms with Crippen LogP contribution in [0, 0.1) is 23.3 Å². The quantitative estimate of drug-likeness (QED) is 0.368. The van der Waals surface area contributed by atoms with Crippen molar-refractivity contribution in [2.45, 2.75) is 6.18 Å². The number of alkyl halides is 3. The molecule has 2 rings (SSSR count). The molecule has 27 heavy (non-hydrogen) atoms. The van der Waals surface area contributed by atoms with Gasteiger partial charge in [-0.3, -0.25) is 0 Å². The van der Waals surface area contributed by atoms with Gasteiger partial charge in [0, 0.05) is 0 Å². The molecular formula is C15H6F7NO4. The third-order valence-electron chi connectivity index (χ3n) is 3.01. The third kappa shape index (κ3) is 4.10. The lowest BCUT2D eigenvalue weighted by Crippen LogP contribution is -2.20. The molecule has 0 heterocycles. The first-order valence-corrected chi connectivity index (χ1v) is 6.66. The Hall–Kier alpha value is -3.31. The molecule has 0 unspecified atom stereocenters. The Balaban J connectivity index is 2.43. The van der Waals surface area contributed by atoms with Crippen molar-refractivity contribution in [2.24, 2.45) is 5.73 Å². The van der Waals surface area contributed by atoms with Gasteiger partial charge in [0.05, 0.1) is 11.1 Å². The van der Waals surface area contributed by atoms with Crippen LogP contribution in [0.15, 0.2) is 24.3 Å². The fourth-order valence-corrected chi connectivity index (χ4v) is 1.85. The lowest BCUT2D eigenvalue weighted by molar-refractivity contribution is -0.137. The minimum Gasteiger partial charge on any atom is -0.416 e. The van der Waals surface area contributed by atoms with Crippen molar-refractivity contribution in [3.63, 3.8) is 0 Å². The molecule has 0 saturated carbocycles. The summed E-state index contributed by atoms with van der Waals surface area (Å²) in [6, 6.07) is 2.52. The van der Waals surface area contributed by atoms with Crippen LogP contribution in [0.25, 0.3) is 0 Å². The van der Waals surface area contributed by atoms with Crippen LogP contribution in [-0.4, -0.2) is 12.1 Å². The Morgan fingerprint density at radius 3 is 1.78 bits per heavy atom. The summed E-state index contributed by atoms with van der Waals surface area (Å²) in [7, 11) is 0. The Labute approximate surface area is 145 Å². The number of benzene rings is 2. The van der Waals surface area contributed by atoms with Gasteiger partial charge in [0.15, 0.2) is 0 Å². The smallest absolute Gasteiger partial charge is 0.416 e. The molecule has 1 amide bonds. The Kier molecular flexibility index (Phi) is 5.28. The molecule has 5 nitrogen and oxygen atoms in total. The summed E-state index contributed by atoms with van der Waals surface area (Å²) in [4.78, 5) is 22.3. The van der Waals surface area contributed by atoms with Crippen molar-refractivity contribution in [2.75, 3.05) is 0 Å². The van der Waals surface area contributed by atoms with E-state index in [0.717, 1.165) is 12.1 Å². The molecule has 0 aromatic heterocycles. The molecule has 12 heteroatoms. The number of nitrogens with two attached hydrogens (primary N) is 1. The van der Waals surface area contributed by atoms with E-state index in [2.05, 4.69) is 15.2 Å². The van der Waals surface area contributed by atoms with Gasteiger partial charge in [0.2, 0.25) is 34.8 Å². The predicted octanol–water partition coefficient (Wildman–Crippen LogP) is 3.94. The van der Waals surface area contributed by atoms with Gasteiger partial charge in [0.25, 0.3) is 0 Å². The Morgan fingerprint density at radius 2 is 1.33 bits per heavy atom. The largest absolute Gasteiger partial charge is 0.416 e. The maximum Gasteiger partial charge on any atom is 0.416 e. The zero-order chi connectivity index (χ0) is 20.5. The highest BCUT2D eigenvalue weighted by Crippen LogP contribution is 2.35. The molecule has 2 N–H and O–H groups in total. The Morgan fingerprint density at radius 1 is 0.852 bits per heavy atom. The highest BCUT2D eigenvalue weighted by Gasteiger charge is 2.33. The lowest BCUT2D eigenvalue weighted by Gasteiger charge is -2.12. The van der Waals surface area contributed by atoms with Crippen molar-refractivity contribution < 1.29 is 49.8 Å². The number of halogens is 7. The summed E-state index contributed by atoms with van der Waals surface area (Å²) >= 11 is 0. The number of amides is 1. The molecule has 0 aliphatic heterocycles. The summed E-state index contributed by atoms with van der Waals surface area (Å²) in [6.45, 7) is 0. The minimum absolute atomic E-state index is 0.301. The number of hydrogen-bond acceptors (Lipinski definition) is 4. The van der Waals surface area contributed by atoms with E-state index in [-0.39, 0.29) is 0 Å². The van der Waals surface area contributed by atoms with Gasteiger partial charge in [-0.2, -0.15) is 30.7 Å². The molecule has 0 bridgehead atoms. The SMILES string of the molecule is NC(=O)Oc1c(F)c(F)c(OC(=O)c2cccc(C(F)(F)F)c2)c(F)c1F. The number of rotatable bonds is 3. The van der Waals surface area contributed by atoms with Crippen LogP contribution in [0.5, 0.6) is 11.5 Å². The summed E-state index contributed by atoms with van der Waals surface area (Å²) in [5.74, 6) is -14.5. The minimum atomic E-state index is -4.83. The number of esters is 1. The van der Waals surface area contributed by atoms with Gasteiger partial charge in [-0.25, -0.2) is 9.59 Å². The monoisotopic (exact) mass is 397 g/mol. The molecule has 0 aliphatic carbocycles. The van der Waals surface area contributed by atoms with Crippen LogP contribution < -0.4 is 15.2 Å². The topological polar surface area (TPSA) is 78.6 Å². The second kappa shape index (κ2) is 7.13. The van der Waals surface area contributed by atoms with Crippen molar-refractivity contribution in [1.82, 2.24) is 0 Å². The van der Waals surface area contributed by atoms with E-state index in [1.54, 1.807) is 0 Å². The molecule has 144 valence electrons. The van der Waals surface area contributed by atoms with Crippen LogP contribution in [-0.2, 0) is 6.18 Å². The van der Waals surface area contributed by atoms with Crippen molar-refractivity contribution >= 4 is 12.1 Å². The van der Waals surface area contributed by atoms with Crippen LogP contribution in [0.3, 0.4) is 0 Å². The number of carbonyl (C=O) groups is 2. The van der Waals surface area contributed by atoms with Gasteiger partial charge in [-0.1, -0.05) is 6.07 Å². The fourth-order valence-electron chi connectivity index (χ4n) is 1.85. The molecule has 0 fully saturated rings. The normalized spacial score (nSPS) is 11.2. The van der Waals surface area contributed by atoms with Gasteiger partial charge >= 0.3 is 18.2 Å². The highest BCUT2D eigenvalue weighted by atomic mass is 19.4. The summed E-state index contributed by atoms with van der Waals surface area (Å²) < 4.78 is 101. The van der Waals surface area contributed by atoms with E-state index >= 15 is 0 Å². The maximum atomic E-state index is 13.8. The van der Waals surface area contributed by atoms with E-state index in [0.29, 0.717) is 12.1 Å². The second-order valence-corrected chi connectivity index (χ2v) is 4.80. The lowest BCUT2D eigenvalue weighted by atomic mass is 10.1. The number of carbonyl (C=O) groups excluding carboxylic acids is 2. The van der Waals surface area contributed by atoms with Crippen LogP contribution >= 0.6 is 0 Å². The molecule has 2 aromatic carbocycles. The highest BCUT2D eigenvalue weighted by molar-refractivity contribution is 5.91. The molecule has 0 spiro atoms. The molecule has 0 aliphatic rings. The zero-order valence-corrected chi connectivity index (χ0v) is 12.7.